The van der Waals surface area contributed by atoms with Crippen LogP contribution in [0.3, 0.4) is 0 Å². The number of carbonyl (C=O) groups is 1. The summed E-state index contributed by atoms with van der Waals surface area (Å²) in [5, 5.41) is 7.05. The molecule has 1 aromatic carbocycles. The highest BCUT2D eigenvalue weighted by Crippen LogP contribution is 2.22. The van der Waals surface area contributed by atoms with E-state index in [0.717, 1.165) is 15.9 Å². The summed E-state index contributed by atoms with van der Waals surface area (Å²) in [6, 6.07) is 7.58. The lowest BCUT2D eigenvalue weighted by atomic mass is 10.2. The number of aromatic nitrogens is 3. The summed E-state index contributed by atoms with van der Waals surface area (Å²) >= 11 is 1.58. The maximum absolute atomic E-state index is 12.3. The smallest absolute Gasteiger partial charge is 0.273 e. The van der Waals surface area contributed by atoms with E-state index in [1.807, 2.05) is 32.0 Å². The number of rotatable bonds is 3. The van der Waals surface area contributed by atoms with E-state index < -0.39 is 0 Å². The Labute approximate surface area is 120 Å². The molecule has 5 nitrogen and oxygen atoms in total. The van der Waals surface area contributed by atoms with E-state index in [2.05, 4.69) is 15.4 Å². The van der Waals surface area contributed by atoms with Gasteiger partial charge in [0.15, 0.2) is 0 Å². The minimum atomic E-state index is -0.161. The SMILES string of the molecule is CC(C)n1nccc1C(=O)Nc1ccc2scnc2c1. The van der Waals surface area contributed by atoms with Crippen LogP contribution in [0.4, 0.5) is 5.69 Å². The van der Waals surface area contributed by atoms with Gasteiger partial charge in [0.1, 0.15) is 5.69 Å². The molecule has 0 saturated heterocycles. The molecule has 20 heavy (non-hydrogen) atoms. The predicted octanol–water partition coefficient (Wildman–Crippen LogP) is 3.33. The normalized spacial score (nSPS) is 11.2. The third-order valence-corrected chi connectivity index (χ3v) is 3.79. The van der Waals surface area contributed by atoms with Crippen LogP contribution >= 0.6 is 11.3 Å². The molecule has 0 spiro atoms. The molecule has 0 bridgehead atoms. The van der Waals surface area contributed by atoms with E-state index in [9.17, 15) is 4.79 Å². The van der Waals surface area contributed by atoms with Gasteiger partial charge in [0.05, 0.1) is 15.7 Å². The predicted molar refractivity (Wildman–Crippen MR) is 80.2 cm³/mol. The summed E-state index contributed by atoms with van der Waals surface area (Å²) in [5.74, 6) is -0.161. The van der Waals surface area contributed by atoms with E-state index in [4.69, 9.17) is 0 Å². The van der Waals surface area contributed by atoms with Crippen molar-refractivity contribution >= 4 is 33.1 Å². The topological polar surface area (TPSA) is 59.8 Å². The molecule has 1 N–H and O–H groups in total. The monoisotopic (exact) mass is 286 g/mol. The Balaban J connectivity index is 1.86. The maximum Gasteiger partial charge on any atom is 0.273 e. The average molecular weight is 286 g/mol. The molecule has 0 radical (unpaired) electrons. The molecule has 102 valence electrons. The third kappa shape index (κ3) is 2.30. The Bertz CT molecular complexity index is 759. The number of hydrogen-bond acceptors (Lipinski definition) is 4. The highest BCUT2D eigenvalue weighted by molar-refractivity contribution is 7.16. The van der Waals surface area contributed by atoms with Gasteiger partial charge in [-0.1, -0.05) is 0 Å². The van der Waals surface area contributed by atoms with E-state index in [-0.39, 0.29) is 11.9 Å². The van der Waals surface area contributed by atoms with Crippen molar-refractivity contribution in [3.63, 3.8) is 0 Å². The summed E-state index contributed by atoms with van der Waals surface area (Å²) in [4.78, 5) is 16.5. The fourth-order valence-corrected chi connectivity index (χ4v) is 2.70. The molecule has 2 aromatic heterocycles. The summed E-state index contributed by atoms with van der Waals surface area (Å²) in [6.45, 7) is 3.98. The van der Waals surface area contributed by atoms with Crippen molar-refractivity contribution in [2.24, 2.45) is 0 Å². The maximum atomic E-state index is 12.3. The second-order valence-electron chi connectivity index (χ2n) is 4.74. The van der Waals surface area contributed by atoms with Gasteiger partial charge in [0, 0.05) is 17.9 Å². The number of thiazole rings is 1. The van der Waals surface area contributed by atoms with Crippen LogP contribution in [0.2, 0.25) is 0 Å². The third-order valence-electron chi connectivity index (χ3n) is 2.98. The summed E-state index contributed by atoms with van der Waals surface area (Å²) in [5.41, 5.74) is 3.98. The Morgan fingerprint density at radius 2 is 2.20 bits per heavy atom. The first-order chi connectivity index (χ1) is 9.65. The molecule has 3 aromatic rings. The molecule has 2 heterocycles. The molecule has 0 aliphatic heterocycles. The molecule has 0 aliphatic rings. The van der Waals surface area contributed by atoms with Gasteiger partial charge in [-0.25, -0.2) is 4.98 Å². The quantitative estimate of drug-likeness (QED) is 0.803. The van der Waals surface area contributed by atoms with Crippen LogP contribution in [0.5, 0.6) is 0 Å². The molecule has 0 saturated carbocycles. The van der Waals surface area contributed by atoms with Gasteiger partial charge in [-0.3, -0.25) is 9.48 Å². The zero-order chi connectivity index (χ0) is 14.1. The average Bonchev–Trinajstić information content (AvgIpc) is 3.06. The molecule has 0 fully saturated rings. The number of anilines is 1. The van der Waals surface area contributed by atoms with E-state index in [0.29, 0.717) is 5.69 Å². The van der Waals surface area contributed by atoms with Crippen molar-refractivity contribution in [1.82, 2.24) is 14.8 Å². The fourth-order valence-electron chi connectivity index (χ4n) is 2.04. The molecule has 3 rings (SSSR count). The van der Waals surface area contributed by atoms with Gasteiger partial charge in [0.25, 0.3) is 5.91 Å². The van der Waals surface area contributed by atoms with Crippen LogP contribution in [0.25, 0.3) is 10.2 Å². The Morgan fingerprint density at radius 3 is 3.00 bits per heavy atom. The number of amides is 1. The lowest BCUT2D eigenvalue weighted by molar-refractivity contribution is 0.101. The first-order valence-electron chi connectivity index (χ1n) is 6.33. The van der Waals surface area contributed by atoms with Crippen LogP contribution in [0.15, 0.2) is 36.0 Å². The van der Waals surface area contributed by atoms with Gasteiger partial charge >= 0.3 is 0 Å². The second kappa shape index (κ2) is 5.05. The van der Waals surface area contributed by atoms with Crippen LogP contribution < -0.4 is 5.32 Å². The van der Waals surface area contributed by atoms with Crippen LogP contribution in [-0.2, 0) is 0 Å². The first kappa shape index (κ1) is 12.8. The number of carbonyl (C=O) groups excluding carboxylic acids is 1. The van der Waals surface area contributed by atoms with Crippen molar-refractivity contribution in [3.8, 4) is 0 Å². The van der Waals surface area contributed by atoms with Crippen molar-refractivity contribution in [2.45, 2.75) is 19.9 Å². The Kier molecular flexibility index (Phi) is 3.23. The standard InChI is InChI=1S/C14H14N4OS/c1-9(2)18-12(5-6-16-18)14(19)17-10-3-4-13-11(7-10)15-8-20-13/h3-9H,1-2H3,(H,17,19). The number of benzene rings is 1. The number of fused-ring (bicyclic) bond motifs is 1. The molecule has 0 atom stereocenters. The van der Waals surface area contributed by atoms with Crippen molar-refractivity contribution < 1.29 is 4.79 Å². The van der Waals surface area contributed by atoms with Crippen LogP contribution in [0, 0.1) is 0 Å². The highest BCUT2D eigenvalue weighted by Gasteiger charge is 2.14. The summed E-state index contributed by atoms with van der Waals surface area (Å²) in [6.07, 6.45) is 1.64. The molecular formula is C14H14N4OS. The van der Waals surface area contributed by atoms with Crippen LogP contribution in [0.1, 0.15) is 30.4 Å². The van der Waals surface area contributed by atoms with Crippen LogP contribution in [-0.4, -0.2) is 20.7 Å². The lowest BCUT2D eigenvalue weighted by Gasteiger charge is -2.11. The van der Waals surface area contributed by atoms with Gasteiger partial charge < -0.3 is 5.32 Å². The molecule has 0 unspecified atom stereocenters. The number of nitrogens with one attached hydrogen (secondary N) is 1. The summed E-state index contributed by atoms with van der Waals surface area (Å²) in [7, 11) is 0. The van der Waals surface area contributed by atoms with Gasteiger partial charge in [-0.2, -0.15) is 5.10 Å². The number of hydrogen-bond donors (Lipinski definition) is 1. The van der Waals surface area contributed by atoms with Gasteiger partial charge in [0.2, 0.25) is 0 Å². The number of nitrogens with zero attached hydrogens (tertiary/aromatic N) is 3. The van der Waals surface area contributed by atoms with Gasteiger partial charge in [-0.15, -0.1) is 11.3 Å². The van der Waals surface area contributed by atoms with E-state index in [1.165, 1.54) is 0 Å². The van der Waals surface area contributed by atoms with E-state index in [1.54, 1.807) is 33.8 Å². The zero-order valence-electron chi connectivity index (χ0n) is 11.2. The Hall–Kier alpha value is -2.21. The highest BCUT2D eigenvalue weighted by atomic mass is 32.1. The fraction of sp³-hybridized carbons (Fsp3) is 0.214. The first-order valence-corrected chi connectivity index (χ1v) is 7.21. The van der Waals surface area contributed by atoms with Gasteiger partial charge in [-0.05, 0) is 38.1 Å². The molecule has 0 aliphatic carbocycles. The van der Waals surface area contributed by atoms with E-state index >= 15 is 0 Å². The zero-order valence-corrected chi connectivity index (χ0v) is 12.0. The largest absolute Gasteiger partial charge is 0.321 e. The summed E-state index contributed by atoms with van der Waals surface area (Å²) < 4.78 is 2.81. The Morgan fingerprint density at radius 1 is 1.35 bits per heavy atom. The molecular weight excluding hydrogens is 272 g/mol. The molecule has 6 heteroatoms. The minimum absolute atomic E-state index is 0.145. The second-order valence-corrected chi connectivity index (χ2v) is 5.63. The lowest BCUT2D eigenvalue weighted by Crippen LogP contribution is -2.18. The van der Waals surface area contributed by atoms with Crippen molar-refractivity contribution in [2.75, 3.05) is 5.32 Å². The minimum Gasteiger partial charge on any atom is -0.321 e. The molecule has 1 amide bonds. The van der Waals surface area contributed by atoms with Crippen molar-refractivity contribution in [1.29, 1.82) is 0 Å². The van der Waals surface area contributed by atoms with Crippen molar-refractivity contribution in [3.05, 3.63) is 41.7 Å².